The maximum atomic E-state index is 8.94. The Balaban J connectivity index is 2.89. The third-order valence-corrected chi connectivity index (χ3v) is 2.81. The summed E-state index contributed by atoms with van der Waals surface area (Å²) in [6.07, 6.45) is 0. The SMILES string of the molecule is Cc1cc(NC(CO)CO)c(Br)cc1N. The quantitative estimate of drug-likeness (QED) is 0.621. The van der Waals surface area contributed by atoms with Crippen molar-refractivity contribution in [3.63, 3.8) is 0 Å². The lowest BCUT2D eigenvalue weighted by Gasteiger charge is -2.17. The number of nitrogen functional groups attached to an aromatic ring is 1. The molecule has 1 aromatic rings. The maximum Gasteiger partial charge on any atom is 0.0723 e. The highest BCUT2D eigenvalue weighted by Crippen LogP contribution is 2.28. The average Bonchev–Trinajstić information content (AvgIpc) is 2.21. The normalized spacial score (nSPS) is 10.7. The van der Waals surface area contributed by atoms with E-state index in [9.17, 15) is 0 Å². The van der Waals surface area contributed by atoms with Crippen LogP contribution in [0.25, 0.3) is 0 Å². The lowest BCUT2D eigenvalue weighted by molar-refractivity contribution is 0.204. The summed E-state index contributed by atoms with van der Waals surface area (Å²) in [5, 5.41) is 20.9. The maximum absolute atomic E-state index is 8.94. The van der Waals surface area contributed by atoms with Crippen LogP contribution < -0.4 is 11.1 Å². The van der Waals surface area contributed by atoms with Crippen molar-refractivity contribution in [2.24, 2.45) is 0 Å². The van der Waals surface area contributed by atoms with Gasteiger partial charge in [0.1, 0.15) is 0 Å². The zero-order valence-corrected chi connectivity index (χ0v) is 10.1. The molecule has 0 bridgehead atoms. The summed E-state index contributed by atoms with van der Waals surface area (Å²) in [5.74, 6) is 0. The van der Waals surface area contributed by atoms with Crippen LogP contribution in [0.15, 0.2) is 16.6 Å². The van der Waals surface area contributed by atoms with E-state index in [0.29, 0.717) is 5.69 Å². The Hall–Kier alpha value is -0.780. The summed E-state index contributed by atoms with van der Waals surface area (Å²) in [5.41, 5.74) is 8.20. The van der Waals surface area contributed by atoms with Crippen LogP contribution in [-0.2, 0) is 0 Å². The fourth-order valence-corrected chi connectivity index (χ4v) is 1.65. The lowest BCUT2D eigenvalue weighted by Crippen LogP contribution is -2.27. The van der Waals surface area contributed by atoms with Crippen LogP contribution in [-0.4, -0.2) is 29.5 Å². The Morgan fingerprint density at radius 1 is 1.40 bits per heavy atom. The number of aliphatic hydroxyl groups is 2. The van der Waals surface area contributed by atoms with Gasteiger partial charge in [-0.05, 0) is 40.5 Å². The van der Waals surface area contributed by atoms with E-state index in [-0.39, 0.29) is 19.3 Å². The van der Waals surface area contributed by atoms with Crippen LogP contribution in [0.3, 0.4) is 0 Å². The van der Waals surface area contributed by atoms with Gasteiger partial charge >= 0.3 is 0 Å². The van der Waals surface area contributed by atoms with Gasteiger partial charge in [-0.3, -0.25) is 0 Å². The molecule has 0 aliphatic heterocycles. The van der Waals surface area contributed by atoms with E-state index < -0.39 is 0 Å². The van der Waals surface area contributed by atoms with Crippen molar-refractivity contribution < 1.29 is 10.2 Å². The van der Waals surface area contributed by atoms with Crippen molar-refractivity contribution in [2.75, 3.05) is 24.3 Å². The largest absolute Gasteiger partial charge is 0.398 e. The van der Waals surface area contributed by atoms with Gasteiger partial charge in [0.25, 0.3) is 0 Å². The van der Waals surface area contributed by atoms with Gasteiger partial charge in [0.15, 0.2) is 0 Å². The molecule has 1 aromatic carbocycles. The lowest BCUT2D eigenvalue weighted by atomic mass is 10.1. The Morgan fingerprint density at radius 2 is 2.00 bits per heavy atom. The van der Waals surface area contributed by atoms with Crippen molar-refractivity contribution in [2.45, 2.75) is 13.0 Å². The molecule has 5 heteroatoms. The van der Waals surface area contributed by atoms with Crippen LogP contribution in [0.5, 0.6) is 0 Å². The highest BCUT2D eigenvalue weighted by Gasteiger charge is 2.09. The highest BCUT2D eigenvalue weighted by atomic mass is 79.9. The zero-order valence-electron chi connectivity index (χ0n) is 8.50. The molecule has 0 saturated heterocycles. The molecule has 0 aromatic heterocycles. The molecule has 5 N–H and O–H groups in total. The monoisotopic (exact) mass is 274 g/mol. The van der Waals surface area contributed by atoms with Crippen LogP contribution in [0.4, 0.5) is 11.4 Å². The minimum atomic E-state index is -0.357. The second-order valence-corrected chi connectivity index (χ2v) is 4.25. The van der Waals surface area contributed by atoms with E-state index in [0.717, 1.165) is 15.7 Å². The molecule has 84 valence electrons. The number of benzene rings is 1. The molecule has 1 rings (SSSR count). The summed E-state index contributed by atoms with van der Waals surface area (Å²) < 4.78 is 0.817. The topological polar surface area (TPSA) is 78.5 Å². The second-order valence-electron chi connectivity index (χ2n) is 3.40. The molecule has 0 radical (unpaired) electrons. The fourth-order valence-electron chi connectivity index (χ4n) is 1.18. The molecule has 0 spiro atoms. The summed E-state index contributed by atoms with van der Waals surface area (Å²) in [6, 6.07) is 3.31. The van der Waals surface area contributed by atoms with E-state index >= 15 is 0 Å². The van der Waals surface area contributed by atoms with E-state index in [1.807, 2.05) is 13.0 Å². The van der Waals surface area contributed by atoms with E-state index in [4.69, 9.17) is 15.9 Å². The number of hydrogen-bond acceptors (Lipinski definition) is 4. The van der Waals surface area contributed by atoms with Crippen molar-refractivity contribution in [3.8, 4) is 0 Å². The van der Waals surface area contributed by atoms with Gasteiger partial charge in [0.05, 0.1) is 19.3 Å². The first-order valence-corrected chi connectivity index (χ1v) is 5.41. The van der Waals surface area contributed by atoms with Crippen LogP contribution in [0, 0.1) is 6.92 Å². The first kappa shape index (κ1) is 12.3. The van der Waals surface area contributed by atoms with E-state index in [1.54, 1.807) is 6.07 Å². The number of halogens is 1. The fraction of sp³-hybridized carbons (Fsp3) is 0.400. The number of nitrogens with two attached hydrogens (primary N) is 1. The first-order chi connectivity index (χ1) is 7.08. The molecule has 0 unspecified atom stereocenters. The summed E-state index contributed by atoms with van der Waals surface area (Å²) in [6.45, 7) is 1.67. The second kappa shape index (κ2) is 5.34. The number of aliphatic hydroxyl groups excluding tert-OH is 2. The minimum Gasteiger partial charge on any atom is -0.398 e. The van der Waals surface area contributed by atoms with Gasteiger partial charge in [-0.15, -0.1) is 0 Å². The molecule has 0 aliphatic carbocycles. The summed E-state index contributed by atoms with van der Waals surface area (Å²) >= 11 is 3.36. The zero-order chi connectivity index (χ0) is 11.4. The molecule has 0 atom stereocenters. The molecular formula is C10H15BrN2O2. The first-order valence-electron chi connectivity index (χ1n) is 4.62. The van der Waals surface area contributed by atoms with Gasteiger partial charge in [0, 0.05) is 15.8 Å². The van der Waals surface area contributed by atoms with Crippen LogP contribution in [0.1, 0.15) is 5.56 Å². The molecule has 0 aliphatic rings. The predicted octanol–water partition coefficient (Wildman–Crippen LogP) is 1.10. The van der Waals surface area contributed by atoms with E-state index in [1.165, 1.54) is 0 Å². The van der Waals surface area contributed by atoms with Crippen molar-refractivity contribution in [1.29, 1.82) is 0 Å². The molecular weight excluding hydrogens is 260 g/mol. The summed E-state index contributed by atoms with van der Waals surface area (Å²) in [7, 11) is 0. The predicted molar refractivity (Wildman–Crippen MR) is 64.9 cm³/mol. The molecule has 0 heterocycles. The number of hydrogen-bond donors (Lipinski definition) is 4. The van der Waals surface area contributed by atoms with Crippen LogP contribution >= 0.6 is 15.9 Å². The molecule has 15 heavy (non-hydrogen) atoms. The van der Waals surface area contributed by atoms with Gasteiger partial charge in [0.2, 0.25) is 0 Å². The summed E-state index contributed by atoms with van der Waals surface area (Å²) in [4.78, 5) is 0. The molecule has 0 saturated carbocycles. The van der Waals surface area contributed by atoms with E-state index in [2.05, 4.69) is 21.2 Å². The third kappa shape index (κ3) is 3.09. The third-order valence-electron chi connectivity index (χ3n) is 2.16. The number of anilines is 2. The Bertz CT molecular complexity index is 340. The average molecular weight is 275 g/mol. The Kier molecular flexibility index (Phi) is 4.38. The molecule has 0 amide bonds. The van der Waals surface area contributed by atoms with Crippen molar-refractivity contribution in [3.05, 3.63) is 22.2 Å². The Labute approximate surface area is 97.2 Å². The standard InChI is InChI=1S/C10H15BrN2O2/c1-6-2-10(8(11)3-9(6)12)13-7(4-14)5-15/h2-3,7,13-15H,4-5,12H2,1H3. The van der Waals surface area contributed by atoms with Gasteiger partial charge < -0.3 is 21.3 Å². The number of rotatable bonds is 4. The van der Waals surface area contributed by atoms with Gasteiger partial charge in [-0.1, -0.05) is 0 Å². The smallest absolute Gasteiger partial charge is 0.0723 e. The molecule has 0 fully saturated rings. The number of aryl methyl sites for hydroxylation is 1. The van der Waals surface area contributed by atoms with Crippen LogP contribution in [0.2, 0.25) is 0 Å². The van der Waals surface area contributed by atoms with Gasteiger partial charge in [-0.2, -0.15) is 0 Å². The number of nitrogens with one attached hydrogen (secondary N) is 1. The minimum absolute atomic E-state index is 0.119. The Morgan fingerprint density at radius 3 is 2.53 bits per heavy atom. The molecule has 4 nitrogen and oxygen atoms in total. The van der Waals surface area contributed by atoms with Gasteiger partial charge in [-0.25, -0.2) is 0 Å². The highest BCUT2D eigenvalue weighted by molar-refractivity contribution is 9.10. The van der Waals surface area contributed by atoms with Crippen molar-refractivity contribution in [1.82, 2.24) is 0 Å². The van der Waals surface area contributed by atoms with Crippen molar-refractivity contribution >= 4 is 27.3 Å².